The molecule has 1 heteroatoms. The number of ether oxygens (including phenoxy) is 1. The maximum atomic E-state index is 5.15. The molecule has 0 N–H and O–H groups in total. The second-order valence-electron chi connectivity index (χ2n) is 2.72. The number of allylic oxidation sites excluding steroid dienone is 2. The molecule has 0 fully saturated rings. The summed E-state index contributed by atoms with van der Waals surface area (Å²) in [5.41, 5.74) is 1.27. The van der Waals surface area contributed by atoms with Gasteiger partial charge in [-0.15, -0.1) is 0 Å². The molecule has 0 rings (SSSR count). The van der Waals surface area contributed by atoms with E-state index in [1.54, 1.807) is 7.11 Å². The van der Waals surface area contributed by atoms with E-state index < -0.39 is 0 Å². The fourth-order valence-corrected chi connectivity index (χ4v) is 1.02. The molecule has 0 radical (unpaired) electrons. The first-order chi connectivity index (χ1) is 4.09. The van der Waals surface area contributed by atoms with E-state index in [0.29, 0.717) is 5.92 Å². The Morgan fingerprint density at radius 1 is 1.20 bits per heavy atom. The third-order valence-electron chi connectivity index (χ3n) is 1.24. The highest BCUT2D eigenvalue weighted by Gasteiger charge is 2.02. The molecular weight excluding hydrogens is 124 g/mol. The number of methoxy groups -OCH3 is 1. The lowest BCUT2D eigenvalue weighted by molar-refractivity contribution is 0.249. The molecule has 0 aliphatic rings. The molecule has 62 valence electrons. The van der Waals surface area contributed by atoms with E-state index in [4.69, 9.17) is 4.74 Å². The molecule has 0 atom stereocenters. The molecule has 0 amide bonds. The Morgan fingerprint density at radius 2 is 1.60 bits per heavy atom. The predicted octanol–water partition coefficient (Wildman–Crippen LogP) is 3.22. The van der Waals surface area contributed by atoms with Crippen LogP contribution in [-0.2, 0) is 4.74 Å². The normalized spacial score (nSPS) is 8.60. The van der Waals surface area contributed by atoms with Gasteiger partial charge in [0.05, 0.1) is 12.9 Å². The summed E-state index contributed by atoms with van der Waals surface area (Å²) in [5.74, 6) is 1.62. The van der Waals surface area contributed by atoms with Crippen LogP contribution in [0.15, 0.2) is 11.3 Å². The SMILES string of the molecule is C.COC(=C(C)C)C(C)C. The van der Waals surface area contributed by atoms with Gasteiger partial charge in [-0.25, -0.2) is 0 Å². The van der Waals surface area contributed by atoms with Crippen LogP contribution in [0.3, 0.4) is 0 Å². The lowest BCUT2D eigenvalue weighted by atomic mass is 10.1. The van der Waals surface area contributed by atoms with Gasteiger partial charge in [-0.1, -0.05) is 21.3 Å². The zero-order valence-corrected chi connectivity index (χ0v) is 6.99. The van der Waals surface area contributed by atoms with E-state index in [1.165, 1.54) is 5.57 Å². The Balaban J connectivity index is 0. The first-order valence-corrected chi connectivity index (χ1v) is 3.31. The monoisotopic (exact) mass is 144 g/mol. The Kier molecular flexibility index (Phi) is 6.53. The van der Waals surface area contributed by atoms with Gasteiger partial charge in [-0.3, -0.25) is 0 Å². The van der Waals surface area contributed by atoms with Crippen molar-refractivity contribution < 1.29 is 4.74 Å². The second kappa shape index (κ2) is 5.33. The molecule has 0 heterocycles. The van der Waals surface area contributed by atoms with E-state index in [-0.39, 0.29) is 7.43 Å². The average molecular weight is 144 g/mol. The van der Waals surface area contributed by atoms with Gasteiger partial charge in [-0.2, -0.15) is 0 Å². The van der Waals surface area contributed by atoms with Crippen LogP contribution in [0.25, 0.3) is 0 Å². The van der Waals surface area contributed by atoms with Gasteiger partial charge in [0.1, 0.15) is 0 Å². The van der Waals surface area contributed by atoms with Crippen molar-refractivity contribution in [1.29, 1.82) is 0 Å². The third-order valence-corrected chi connectivity index (χ3v) is 1.24. The molecule has 0 saturated carbocycles. The molecule has 0 spiro atoms. The van der Waals surface area contributed by atoms with Gasteiger partial charge < -0.3 is 4.74 Å². The van der Waals surface area contributed by atoms with Crippen molar-refractivity contribution in [1.82, 2.24) is 0 Å². The molecule has 0 aromatic rings. The number of rotatable bonds is 2. The van der Waals surface area contributed by atoms with Crippen molar-refractivity contribution >= 4 is 0 Å². The quantitative estimate of drug-likeness (QED) is 0.541. The van der Waals surface area contributed by atoms with E-state index in [2.05, 4.69) is 27.7 Å². The van der Waals surface area contributed by atoms with Crippen LogP contribution in [0.1, 0.15) is 35.1 Å². The van der Waals surface area contributed by atoms with Crippen LogP contribution in [0, 0.1) is 5.92 Å². The minimum Gasteiger partial charge on any atom is -0.501 e. The largest absolute Gasteiger partial charge is 0.501 e. The highest BCUT2D eigenvalue weighted by molar-refractivity contribution is 5.04. The summed E-state index contributed by atoms with van der Waals surface area (Å²) in [5, 5.41) is 0. The predicted molar refractivity (Wildman–Crippen MR) is 47.0 cm³/mol. The average Bonchev–Trinajstić information content (AvgIpc) is 1.64. The van der Waals surface area contributed by atoms with E-state index in [9.17, 15) is 0 Å². The van der Waals surface area contributed by atoms with Gasteiger partial charge in [0.2, 0.25) is 0 Å². The van der Waals surface area contributed by atoms with Crippen molar-refractivity contribution in [2.45, 2.75) is 35.1 Å². The lowest BCUT2D eigenvalue weighted by Gasteiger charge is -2.10. The molecule has 0 unspecified atom stereocenters. The molecule has 0 bridgehead atoms. The fourth-order valence-electron chi connectivity index (χ4n) is 1.02. The first kappa shape index (κ1) is 12.2. The van der Waals surface area contributed by atoms with Crippen LogP contribution in [0.2, 0.25) is 0 Å². The van der Waals surface area contributed by atoms with Gasteiger partial charge >= 0.3 is 0 Å². The first-order valence-electron chi connectivity index (χ1n) is 3.31. The highest BCUT2D eigenvalue weighted by Crippen LogP contribution is 2.13. The minimum absolute atomic E-state index is 0. The Morgan fingerprint density at radius 3 is 1.60 bits per heavy atom. The topological polar surface area (TPSA) is 9.23 Å². The Hall–Kier alpha value is -0.460. The highest BCUT2D eigenvalue weighted by atomic mass is 16.5. The van der Waals surface area contributed by atoms with Gasteiger partial charge in [0.15, 0.2) is 0 Å². The fraction of sp³-hybridized carbons (Fsp3) is 0.778. The summed E-state index contributed by atoms with van der Waals surface area (Å²) in [7, 11) is 1.72. The van der Waals surface area contributed by atoms with Crippen molar-refractivity contribution in [3.8, 4) is 0 Å². The summed E-state index contributed by atoms with van der Waals surface area (Å²) in [6.07, 6.45) is 0. The molecule has 0 aliphatic heterocycles. The van der Waals surface area contributed by atoms with Crippen molar-refractivity contribution in [2.24, 2.45) is 5.92 Å². The van der Waals surface area contributed by atoms with Gasteiger partial charge in [0.25, 0.3) is 0 Å². The van der Waals surface area contributed by atoms with Crippen LogP contribution in [-0.4, -0.2) is 7.11 Å². The molecular formula is C9H20O. The van der Waals surface area contributed by atoms with E-state index in [1.807, 2.05) is 0 Å². The molecule has 0 saturated heterocycles. The van der Waals surface area contributed by atoms with Crippen LogP contribution in [0.4, 0.5) is 0 Å². The molecule has 0 aromatic heterocycles. The van der Waals surface area contributed by atoms with Crippen LogP contribution < -0.4 is 0 Å². The van der Waals surface area contributed by atoms with Crippen molar-refractivity contribution in [3.05, 3.63) is 11.3 Å². The van der Waals surface area contributed by atoms with Crippen LogP contribution in [0.5, 0.6) is 0 Å². The summed E-state index contributed by atoms with van der Waals surface area (Å²) < 4.78 is 5.15. The summed E-state index contributed by atoms with van der Waals surface area (Å²) in [4.78, 5) is 0. The standard InChI is InChI=1S/C8H16O.CH4/c1-6(2)8(9-5)7(3)4;/h6H,1-5H3;1H4. The van der Waals surface area contributed by atoms with Gasteiger partial charge in [0, 0.05) is 5.92 Å². The maximum Gasteiger partial charge on any atom is 0.0967 e. The lowest BCUT2D eigenvalue weighted by Crippen LogP contribution is -1.98. The molecule has 0 aliphatic carbocycles. The summed E-state index contributed by atoms with van der Waals surface area (Å²) >= 11 is 0. The zero-order valence-electron chi connectivity index (χ0n) is 6.99. The zero-order chi connectivity index (χ0) is 7.44. The Bertz CT molecular complexity index is 108. The van der Waals surface area contributed by atoms with Crippen LogP contribution >= 0.6 is 0 Å². The summed E-state index contributed by atoms with van der Waals surface area (Å²) in [6, 6.07) is 0. The second-order valence-corrected chi connectivity index (χ2v) is 2.72. The maximum absolute atomic E-state index is 5.15. The van der Waals surface area contributed by atoms with E-state index in [0.717, 1.165) is 5.76 Å². The smallest absolute Gasteiger partial charge is 0.0967 e. The van der Waals surface area contributed by atoms with E-state index >= 15 is 0 Å². The molecule has 0 aromatic carbocycles. The third kappa shape index (κ3) is 3.54. The number of hydrogen-bond acceptors (Lipinski definition) is 1. The minimum atomic E-state index is 0. The Labute approximate surface area is 65.1 Å². The summed E-state index contributed by atoms with van der Waals surface area (Å²) in [6.45, 7) is 8.40. The number of hydrogen-bond donors (Lipinski definition) is 0. The van der Waals surface area contributed by atoms with Crippen molar-refractivity contribution in [2.75, 3.05) is 7.11 Å². The van der Waals surface area contributed by atoms with Crippen molar-refractivity contribution in [3.63, 3.8) is 0 Å². The van der Waals surface area contributed by atoms with Gasteiger partial charge in [-0.05, 0) is 19.4 Å². The molecule has 1 nitrogen and oxygen atoms in total. The molecule has 10 heavy (non-hydrogen) atoms.